The molecule has 2 heteroatoms. The van der Waals surface area contributed by atoms with Crippen molar-refractivity contribution in [2.75, 3.05) is 13.2 Å². The maximum Gasteiger partial charge on any atom is 0.119 e. The molecule has 0 spiro atoms. The highest BCUT2D eigenvalue weighted by atomic mass is 16.5. The van der Waals surface area contributed by atoms with E-state index in [1.54, 1.807) is 0 Å². The van der Waals surface area contributed by atoms with E-state index in [0.717, 1.165) is 17.9 Å². The van der Waals surface area contributed by atoms with Crippen LogP contribution < -0.4 is 4.74 Å². The van der Waals surface area contributed by atoms with Crippen molar-refractivity contribution in [3.05, 3.63) is 29.3 Å². The number of rotatable bonds is 6. The molecule has 0 aliphatic heterocycles. The van der Waals surface area contributed by atoms with Crippen LogP contribution in [-0.2, 0) is 0 Å². The first-order chi connectivity index (χ1) is 8.43. The van der Waals surface area contributed by atoms with Crippen LogP contribution in [0, 0.1) is 5.92 Å². The molecule has 18 heavy (non-hydrogen) atoms. The van der Waals surface area contributed by atoms with Gasteiger partial charge < -0.3 is 9.84 Å². The summed E-state index contributed by atoms with van der Waals surface area (Å²) < 4.78 is 5.81. The zero-order valence-electron chi connectivity index (χ0n) is 12.2. The molecule has 0 amide bonds. The van der Waals surface area contributed by atoms with Crippen molar-refractivity contribution in [2.45, 2.75) is 46.5 Å². The lowest BCUT2D eigenvalue weighted by molar-refractivity contribution is 0.265. The monoisotopic (exact) mass is 250 g/mol. The van der Waals surface area contributed by atoms with E-state index < -0.39 is 0 Å². The van der Waals surface area contributed by atoms with Gasteiger partial charge in [-0.3, -0.25) is 0 Å². The van der Waals surface area contributed by atoms with Crippen LogP contribution >= 0.6 is 0 Å². The number of hydrogen-bond acceptors (Lipinski definition) is 2. The molecule has 1 unspecified atom stereocenters. The summed E-state index contributed by atoms with van der Waals surface area (Å²) in [7, 11) is 0. The Balaban J connectivity index is 2.98. The first-order valence-corrected chi connectivity index (χ1v) is 6.82. The third-order valence-electron chi connectivity index (χ3n) is 3.04. The second kappa shape index (κ2) is 6.79. The van der Waals surface area contributed by atoms with Gasteiger partial charge in [0, 0.05) is 12.5 Å². The van der Waals surface area contributed by atoms with E-state index in [9.17, 15) is 5.11 Å². The lowest BCUT2D eigenvalue weighted by atomic mass is 9.95. The zero-order valence-corrected chi connectivity index (χ0v) is 12.2. The van der Waals surface area contributed by atoms with Gasteiger partial charge in [-0.1, -0.05) is 40.7 Å². The molecule has 1 aromatic rings. The van der Waals surface area contributed by atoms with Crippen molar-refractivity contribution in [2.24, 2.45) is 5.92 Å². The molecular formula is C16H26O2. The molecule has 1 N–H and O–H groups in total. The maximum atomic E-state index is 9.29. The Morgan fingerprint density at radius 3 is 2.11 bits per heavy atom. The lowest BCUT2D eigenvalue weighted by Crippen LogP contribution is -2.07. The molecule has 102 valence electrons. The summed E-state index contributed by atoms with van der Waals surface area (Å²) >= 11 is 0. The predicted molar refractivity (Wildman–Crippen MR) is 76.4 cm³/mol. The number of ether oxygens (including phenoxy) is 1. The molecule has 0 radical (unpaired) electrons. The molecule has 0 saturated heterocycles. The number of benzene rings is 1. The standard InChI is InChI=1S/C16H26O2/c1-11(2)10-18-16-7-14(12(3)4)6-15(8-16)13(5)9-17/h6-8,11-13,17H,9-10H2,1-5H3. The van der Waals surface area contributed by atoms with Crippen molar-refractivity contribution in [1.29, 1.82) is 0 Å². The van der Waals surface area contributed by atoms with E-state index in [2.05, 4.69) is 45.9 Å². The molecule has 0 aromatic heterocycles. The van der Waals surface area contributed by atoms with Crippen LogP contribution in [0.3, 0.4) is 0 Å². The van der Waals surface area contributed by atoms with Crippen LogP contribution in [0.2, 0.25) is 0 Å². The van der Waals surface area contributed by atoms with Gasteiger partial charge >= 0.3 is 0 Å². The van der Waals surface area contributed by atoms with Crippen LogP contribution in [0.1, 0.15) is 57.6 Å². The Hall–Kier alpha value is -1.02. The van der Waals surface area contributed by atoms with Crippen molar-refractivity contribution in [3.63, 3.8) is 0 Å². The molecule has 0 aliphatic carbocycles. The summed E-state index contributed by atoms with van der Waals surface area (Å²) in [6.45, 7) is 11.6. The van der Waals surface area contributed by atoms with Crippen LogP contribution in [0.5, 0.6) is 5.75 Å². The fourth-order valence-corrected chi connectivity index (χ4v) is 1.72. The first kappa shape index (κ1) is 15.0. The average Bonchev–Trinajstić information content (AvgIpc) is 2.34. The largest absolute Gasteiger partial charge is 0.493 e. The van der Waals surface area contributed by atoms with Gasteiger partial charge in [-0.05, 0) is 35.1 Å². The molecule has 1 atom stereocenters. The Morgan fingerprint density at radius 1 is 1.00 bits per heavy atom. The highest BCUT2D eigenvalue weighted by Crippen LogP contribution is 2.27. The van der Waals surface area contributed by atoms with Crippen molar-refractivity contribution in [3.8, 4) is 5.75 Å². The Labute approximate surface area is 111 Å². The van der Waals surface area contributed by atoms with E-state index >= 15 is 0 Å². The molecule has 0 saturated carbocycles. The highest BCUT2D eigenvalue weighted by molar-refractivity contribution is 5.37. The van der Waals surface area contributed by atoms with Gasteiger partial charge in [0.1, 0.15) is 5.75 Å². The molecule has 1 rings (SSSR count). The Kier molecular flexibility index (Phi) is 5.67. The molecule has 0 heterocycles. The molecule has 1 aromatic carbocycles. The van der Waals surface area contributed by atoms with Crippen LogP contribution in [0.15, 0.2) is 18.2 Å². The van der Waals surface area contributed by atoms with Crippen molar-refractivity contribution < 1.29 is 9.84 Å². The molecule has 0 bridgehead atoms. The summed E-state index contributed by atoms with van der Waals surface area (Å²) in [6.07, 6.45) is 0. The predicted octanol–water partition coefficient (Wildman–Crippen LogP) is 3.94. The Morgan fingerprint density at radius 2 is 1.61 bits per heavy atom. The Bertz CT molecular complexity index is 369. The van der Waals surface area contributed by atoms with Gasteiger partial charge in [0.25, 0.3) is 0 Å². The van der Waals surface area contributed by atoms with Gasteiger partial charge in [0.05, 0.1) is 6.61 Å². The van der Waals surface area contributed by atoms with Gasteiger partial charge in [-0.2, -0.15) is 0 Å². The van der Waals surface area contributed by atoms with Gasteiger partial charge in [-0.25, -0.2) is 0 Å². The second-order valence-corrected chi connectivity index (χ2v) is 5.78. The topological polar surface area (TPSA) is 29.5 Å². The quantitative estimate of drug-likeness (QED) is 0.828. The van der Waals surface area contributed by atoms with Gasteiger partial charge in [-0.15, -0.1) is 0 Å². The van der Waals surface area contributed by atoms with E-state index in [1.165, 1.54) is 5.56 Å². The van der Waals surface area contributed by atoms with E-state index in [1.807, 2.05) is 6.92 Å². The highest BCUT2D eigenvalue weighted by Gasteiger charge is 2.10. The number of aliphatic hydroxyl groups is 1. The van der Waals surface area contributed by atoms with E-state index in [0.29, 0.717) is 11.8 Å². The number of hydrogen-bond donors (Lipinski definition) is 1. The fourth-order valence-electron chi connectivity index (χ4n) is 1.72. The average molecular weight is 250 g/mol. The van der Waals surface area contributed by atoms with Gasteiger partial charge in [0.2, 0.25) is 0 Å². The molecule has 0 fully saturated rings. The smallest absolute Gasteiger partial charge is 0.119 e. The third-order valence-corrected chi connectivity index (χ3v) is 3.04. The lowest BCUT2D eigenvalue weighted by Gasteiger charge is -2.16. The van der Waals surface area contributed by atoms with E-state index in [4.69, 9.17) is 4.74 Å². The normalized spacial score (nSPS) is 13.1. The van der Waals surface area contributed by atoms with Crippen LogP contribution in [-0.4, -0.2) is 18.3 Å². The molecular weight excluding hydrogens is 224 g/mol. The van der Waals surface area contributed by atoms with Gasteiger partial charge in [0.15, 0.2) is 0 Å². The summed E-state index contributed by atoms with van der Waals surface area (Å²) in [5.74, 6) is 2.07. The third kappa shape index (κ3) is 4.34. The molecule has 0 aliphatic rings. The minimum atomic E-state index is 0.157. The SMILES string of the molecule is CC(C)COc1cc(C(C)C)cc(C(C)CO)c1. The van der Waals surface area contributed by atoms with Crippen LogP contribution in [0.25, 0.3) is 0 Å². The first-order valence-electron chi connectivity index (χ1n) is 6.82. The second-order valence-electron chi connectivity index (χ2n) is 5.78. The summed E-state index contributed by atoms with van der Waals surface area (Å²) in [6, 6.07) is 6.34. The molecule has 2 nitrogen and oxygen atoms in total. The summed E-state index contributed by atoms with van der Waals surface area (Å²) in [5, 5.41) is 9.29. The fraction of sp³-hybridized carbons (Fsp3) is 0.625. The van der Waals surface area contributed by atoms with E-state index in [-0.39, 0.29) is 12.5 Å². The van der Waals surface area contributed by atoms with Crippen molar-refractivity contribution >= 4 is 0 Å². The minimum Gasteiger partial charge on any atom is -0.493 e. The summed E-state index contributed by atoms with van der Waals surface area (Å²) in [5.41, 5.74) is 2.43. The van der Waals surface area contributed by atoms with Crippen LogP contribution in [0.4, 0.5) is 0 Å². The zero-order chi connectivity index (χ0) is 13.7. The number of aliphatic hydroxyl groups excluding tert-OH is 1. The van der Waals surface area contributed by atoms with Crippen molar-refractivity contribution in [1.82, 2.24) is 0 Å². The summed E-state index contributed by atoms with van der Waals surface area (Å²) in [4.78, 5) is 0. The minimum absolute atomic E-state index is 0.157. The maximum absolute atomic E-state index is 9.29.